The lowest BCUT2D eigenvalue weighted by atomic mass is 10.1. The maximum absolute atomic E-state index is 12.3. The molecule has 0 bridgehead atoms. The normalized spacial score (nSPS) is 10.5. The molecule has 0 fully saturated rings. The summed E-state index contributed by atoms with van der Waals surface area (Å²) in [5.41, 5.74) is 1.82. The second kappa shape index (κ2) is 7.25. The van der Waals surface area contributed by atoms with Crippen LogP contribution in [0.1, 0.15) is 29.4 Å². The number of aryl methyl sites for hydroxylation is 1. The van der Waals surface area contributed by atoms with Crippen LogP contribution < -0.4 is 5.32 Å². The molecule has 6 heteroatoms. The Morgan fingerprint density at radius 1 is 1.29 bits per heavy atom. The molecule has 0 unspecified atom stereocenters. The quantitative estimate of drug-likeness (QED) is 0.717. The molecular weight excluding hydrogens is 375 g/mol. The fourth-order valence-electron chi connectivity index (χ4n) is 1.85. The number of rotatable bonds is 4. The van der Waals surface area contributed by atoms with Gasteiger partial charge in [-0.3, -0.25) is 4.79 Å². The third kappa shape index (κ3) is 4.43. The number of carbonyl (C=O) groups is 1. The Labute approximate surface area is 141 Å². The van der Waals surface area contributed by atoms with E-state index in [-0.39, 0.29) is 5.91 Å². The van der Waals surface area contributed by atoms with E-state index >= 15 is 0 Å². The molecule has 0 saturated heterocycles. The maximum Gasteiger partial charge on any atom is 0.255 e. The maximum atomic E-state index is 12.3. The van der Waals surface area contributed by atoms with Crippen molar-refractivity contribution in [3.63, 3.8) is 0 Å². The molecule has 21 heavy (non-hydrogen) atoms. The predicted molar refractivity (Wildman–Crippen MR) is 90.3 cm³/mol. The zero-order chi connectivity index (χ0) is 15.4. The summed E-state index contributed by atoms with van der Waals surface area (Å²) in [6.45, 7) is 2.05. The van der Waals surface area contributed by atoms with Crippen LogP contribution in [0.3, 0.4) is 0 Å². The summed E-state index contributed by atoms with van der Waals surface area (Å²) in [6, 6.07) is 8.56. The molecule has 2 aromatic rings. The molecule has 1 amide bonds. The van der Waals surface area contributed by atoms with E-state index in [1.165, 1.54) is 0 Å². The number of anilines is 1. The third-order valence-electron chi connectivity index (χ3n) is 2.79. The molecule has 0 aliphatic rings. The van der Waals surface area contributed by atoms with E-state index in [1.54, 1.807) is 24.3 Å². The molecule has 1 aromatic carbocycles. The number of hydrogen-bond donors (Lipinski definition) is 1. The molecule has 3 nitrogen and oxygen atoms in total. The molecule has 110 valence electrons. The van der Waals surface area contributed by atoms with Gasteiger partial charge in [-0.15, -0.1) is 0 Å². The highest BCUT2D eigenvalue weighted by atomic mass is 79.9. The Balaban J connectivity index is 2.23. The van der Waals surface area contributed by atoms with Gasteiger partial charge in [0.05, 0.1) is 10.7 Å². The van der Waals surface area contributed by atoms with Crippen LogP contribution in [0, 0.1) is 0 Å². The summed E-state index contributed by atoms with van der Waals surface area (Å²) in [6.07, 6.45) is 1.72. The molecule has 0 spiro atoms. The minimum absolute atomic E-state index is 0.263. The van der Waals surface area contributed by atoms with Gasteiger partial charge < -0.3 is 5.32 Å². The summed E-state index contributed by atoms with van der Waals surface area (Å²) >= 11 is 15.4. The second-order valence-electron chi connectivity index (χ2n) is 4.50. The van der Waals surface area contributed by atoms with Crippen molar-refractivity contribution in [1.82, 2.24) is 4.98 Å². The van der Waals surface area contributed by atoms with Crippen molar-refractivity contribution < 1.29 is 4.79 Å². The van der Waals surface area contributed by atoms with Crippen LogP contribution in [0.2, 0.25) is 10.2 Å². The van der Waals surface area contributed by atoms with Gasteiger partial charge in [0.2, 0.25) is 0 Å². The van der Waals surface area contributed by atoms with Crippen LogP contribution in [0.15, 0.2) is 34.8 Å². The van der Waals surface area contributed by atoms with Gasteiger partial charge in [0.15, 0.2) is 0 Å². The van der Waals surface area contributed by atoms with Gasteiger partial charge in [0, 0.05) is 15.7 Å². The van der Waals surface area contributed by atoms with Gasteiger partial charge in [-0.2, -0.15) is 0 Å². The van der Waals surface area contributed by atoms with Crippen LogP contribution in [-0.2, 0) is 6.42 Å². The van der Waals surface area contributed by atoms with E-state index in [9.17, 15) is 4.79 Å². The fraction of sp³-hybridized carbons (Fsp3) is 0.200. The lowest BCUT2D eigenvalue weighted by Crippen LogP contribution is -2.13. The topological polar surface area (TPSA) is 42.0 Å². The van der Waals surface area contributed by atoms with E-state index in [4.69, 9.17) is 23.2 Å². The highest BCUT2D eigenvalue weighted by Crippen LogP contribution is 2.26. The average molecular weight is 388 g/mol. The molecule has 1 heterocycles. The van der Waals surface area contributed by atoms with Crippen LogP contribution in [0.5, 0.6) is 0 Å². The Kier molecular flexibility index (Phi) is 5.62. The number of hydrogen-bond acceptors (Lipinski definition) is 2. The van der Waals surface area contributed by atoms with Crippen LogP contribution in [0.25, 0.3) is 0 Å². The number of carbonyl (C=O) groups excluding carboxylic acids is 1. The number of halogens is 3. The Morgan fingerprint density at radius 2 is 2.05 bits per heavy atom. The number of benzene rings is 1. The smallest absolute Gasteiger partial charge is 0.255 e. The van der Waals surface area contributed by atoms with Crippen LogP contribution >= 0.6 is 39.1 Å². The monoisotopic (exact) mass is 386 g/mol. The standard InChI is InChI=1S/C15H13BrCl2N2O/c1-2-3-11-6-9(7-14(18)19-11)15(21)20-13-5-4-10(16)8-12(13)17/h4-8H,2-3H2,1H3,(H,20,21). The Bertz CT molecular complexity index is 677. The molecule has 1 aromatic heterocycles. The number of nitrogens with one attached hydrogen (secondary N) is 1. The van der Waals surface area contributed by atoms with Crippen molar-refractivity contribution >= 4 is 50.7 Å². The largest absolute Gasteiger partial charge is 0.321 e. The predicted octanol–water partition coefficient (Wildman–Crippen LogP) is 5.36. The van der Waals surface area contributed by atoms with Crippen molar-refractivity contribution in [1.29, 1.82) is 0 Å². The van der Waals surface area contributed by atoms with Crippen LogP contribution in [0.4, 0.5) is 5.69 Å². The number of amides is 1. The third-order valence-corrected chi connectivity index (χ3v) is 3.79. The first-order valence-electron chi connectivity index (χ1n) is 6.42. The molecule has 0 atom stereocenters. The molecule has 1 N–H and O–H groups in total. The number of aromatic nitrogens is 1. The van der Waals surface area contributed by atoms with Crippen molar-refractivity contribution in [2.24, 2.45) is 0 Å². The van der Waals surface area contributed by atoms with E-state index < -0.39 is 0 Å². The lowest BCUT2D eigenvalue weighted by Gasteiger charge is -2.09. The number of nitrogens with zero attached hydrogens (tertiary/aromatic N) is 1. The molecule has 0 aliphatic heterocycles. The molecule has 0 aliphatic carbocycles. The fourth-order valence-corrected chi connectivity index (χ4v) is 2.80. The molecule has 0 saturated carbocycles. The number of pyridine rings is 1. The SMILES string of the molecule is CCCc1cc(C(=O)Nc2ccc(Br)cc2Cl)cc(Cl)n1. The van der Waals surface area contributed by atoms with Crippen molar-refractivity contribution in [3.05, 3.63) is 56.2 Å². The summed E-state index contributed by atoms with van der Waals surface area (Å²) in [5.74, 6) is -0.263. The summed E-state index contributed by atoms with van der Waals surface area (Å²) in [7, 11) is 0. The summed E-state index contributed by atoms with van der Waals surface area (Å²) in [5, 5.41) is 3.55. The van der Waals surface area contributed by atoms with Crippen molar-refractivity contribution in [3.8, 4) is 0 Å². The minimum Gasteiger partial charge on any atom is -0.321 e. The zero-order valence-corrected chi connectivity index (χ0v) is 14.4. The minimum atomic E-state index is -0.263. The summed E-state index contributed by atoms with van der Waals surface area (Å²) < 4.78 is 0.850. The van der Waals surface area contributed by atoms with Gasteiger partial charge in [-0.25, -0.2) is 4.98 Å². The Morgan fingerprint density at radius 3 is 2.71 bits per heavy atom. The average Bonchev–Trinajstić information content (AvgIpc) is 2.41. The van der Waals surface area contributed by atoms with Gasteiger partial charge in [-0.1, -0.05) is 52.5 Å². The van der Waals surface area contributed by atoms with E-state index in [0.29, 0.717) is 21.4 Å². The molecule has 2 rings (SSSR count). The first kappa shape index (κ1) is 16.3. The Hall–Kier alpha value is -1.10. The van der Waals surface area contributed by atoms with E-state index in [2.05, 4.69) is 26.2 Å². The molecule has 0 radical (unpaired) electrons. The highest BCUT2D eigenvalue weighted by Gasteiger charge is 2.11. The van der Waals surface area contributed by atoms with Crippen molar-refractivity contribution in [2.75, 3.05) is 5.32 Å². The zero-order valence-electron chi connectivity index (χ0n) is 11.3. The van der Waals surface area contributed by atoms with Gasteiger partial charge >= 0.3 is 0 Å². The van der Waals surface area contributed by atoms with Crippen LogP contribution in [-0.4, -0.2) is 10.9 Å². The van der Waals surface area contributed by atoms with E-state index in [1.807, 2.05) is 13.0 Å². The van der Waals surface area contributed by atoms with Gasteiger partial charge in [0.25, 0.3) is 5.91 Å². The first-order valence-corrected chi connectivity index (χ1v) is 7.97. The van der Waals surface area contributed by atoms with Gasteiger partial charge in [0.1, 0.15) is 5.15 Å². The van der Waals surface area contributed by atoms with Gasteiger partial charge in [-0.05, 0) is 36.8 Å². The first-order chi connectivity index (χ1) is 9.99. The lowest BCUT2D eigenvalue weighted by molar-refractivity contribution is 0.102. The summed E-state index contributed by atoms with van der Waals surface area (Å²) in [4.78, 5) is 16.5. The van der Waals surface area contributed by atoms with E-state index in [0.717, 1.165) is 23.0 Å². The highest BCUT2D eigenvalue weighted by molar-refractivity contribution is 9.10. The second-order valence-corrected chi connectivity index (χ2v) is 6.21. The molecular formula is C15H13BrCl2N2O. The van der Waals surface area contributed by atoms with Crippen molar-refractivity contribution in [2.45, 2.75) is 19.8 Å².